The first-order valence-electron chi connectivity index (χ1n) is 9.08. The molecule has 0 saturated heterocycles. The minimum atomic E-state index is -1.30. The molecule has 0 spiro atoms. The Morgan fingerprint density at radius 1 is 1.30 bits per heavy atom. The topological polar surface area (TPSA) is 150 Å². The van der Waals surface area contributed by atoms with Gasteiger partial charge in [-0.25, -0.2) is 14.4 Å². The molecule has 0 aliphatic heterocycles. The first-order chi connectivity index (χ1) is 14.1. The van der Waals surface area contributed by atoms with Crippen molar-refractivity contribution in [1.82, 2.24) is 9.97 Å². The Labute approximate surface area is 172 Å². The van der Waals surface area contributed by atoms with Gasteiger partial charge in [-0.05, 0) is 39.0 Å². The van der Waals surface area contributed by atoms with Crippen molar-refractivity contribution in [3.05, 3.63) is 64.0 Å². The lowest BCUT2D eigenvalue weighted by Gasteiger charge is -2.17. The van der Waals surface area contributed by atoms with Crippen LogP contribution in [-0.2, 0) is 12.1 Å². The van der Waals surface area contributed by atoms with Crippen LogP contribution in [0.5, 0.6) is 0 Å². The highest BCUT2D eigenvalue weighted by Gasteiger charge is 2.26. The standard InChI is InChI=1S/C20H22FN7O2/c1-11-14(21)8-7-13-17(11)25-19(22)26-18(13)15(27-23)10-24-9-12-5-4-6-16(28(12)30)20(2,3)29/h4-8,10,29H,9,23H2,1-3H3,(H2,22,25,26). The molecule has 0 amide bonds. The summed E-state index contributed by atoms with van der Waals surface area (Å²) in [4.78, 5) is 12.5. The maximum atomic E-state index is 13.9. The second-order valence-electron chi connectivity index (χ2n) is 7.24. The summed E-state index contributed by atoms with van der Waals surface area (Å²) in [6.07, 6.45) is 1.36. The molecule has 0 atom stereocenters. The van der Waals surface area contributed by atoms with Crippen LogP contribution in [0.3, 0.4) is 0 Å². The Morgan fingerprint density at radius 2 is 2.03 bits per heavy atom. The lowest BCUT2D eigenvalue weighted by Crippen LogP contribution is -2.42. The first kappa shape index (κ1) is 21.1. The number of aromatic nitrogens is 3. The van der Waals surface area contributed by atoms with Gasteiger partial charge in [-0.1, -0.05) is 0 Å². The van der Waals surface area contributed by atoms with Crippen molar-refractivity contribution in [2.45, 2.75) is 32.9 Å². The summed E-state index contributed by atoms with van der Waals surface area (Å²) < 4.78 is 14.5. The van der Waals surface area contributed by atoms with Gasteiger partial charge in [0.25, 0.3) is 0 Å². The van der Waals surface area contributed by atoms with Gasteiger partial charge in [-0.15, -0.1) is 0 Å². The van der Waals surface area contributed by atoms with Crippen molar-refractivity contribution in [2.24, 2.45) is 15.9 Å². The molecule has 5 N–H and O–H groups in total. The molecule has 0 fully saturated rings. The number of aryl methyl sites for hydroxylation is 1. The lowest BCUT2D eigenvalue weighted by molar-refractivity contribution is -0.630. The molecule has 0 bridgehead atoms. The number of nitrogens with zero attached hydrogens (tertiary/aromatic N) is 5. The Bertz CT molecular complexity index is 1170. The minimum Gasteiger partial charge on any atom is -0.618 e. The van der Waals surface area contributed by atoms with E-state index in [9.17, 15) is 14.7 Å². The summed E-state index contributed by atoms with van der Waals surface area (Å²) in [5.41, 5.74) is 6.18. The molecule has 10 heteroatoms. The number of pyridine rings is 1. The van der Waals surface area contributed by atoms with Crippen LogP contribution in [0.1, 0.15) is 36.5 Å². The van der Waals surface area contributed by atoms with E-state index >= 15 is 0 Å². The third-order valence-electron chi connectivity index (χ3n) is 4.57. The van der Waals surface area contributed by atoms with Crippen molar-refractivity contribution in [3.63, 3.8) is 0 Å². The van der Waals surface area contributed by atoms with Crippen LogP contribution >= 0.6 is 0 Å². The molecular formula is C20H22FN7O2. The van der Waals surface area contributed by atoms with Crippen LogP contribution in [0.25, 0.3) is 10.9 Å². The number of nitrogen functional groups attached to an aromatic ring is 1. The van der Waals surface area contributed by atoms with Crippen LogP contribution in [-0.4, -0.2) is 27.0 Å². The highest BCUT2D eigenvalue weighted by molar-refractivity contribution is 6.40. The number of aliphatic imine (C=N–C) groups is 1. The van der Waals surface area contributed by atoms with E-state index in [2.05, 4.69) is 20.1 Å². The third-order valence-corrected chi connectivity index (χ3v) is 4.57. The average Bonchev–Trinajstić information content (AvgIpc) is 2.68. The van der Waals surface area contributed by atoms with Gasteiger partial charge in [-0.3, -0.25) is 4.99 Å². The molecule has 0 aliphatic carbocycles. The van der Waals surface area contributed by atoms with Gasteiger partial charge < -0.3 is 21.9 Å². The third kappa shape index (κ3) is 4.03. The second kappa shape index (κ2) is 7.99. The van der Waals surface area contributed by atoms with E-state index in [4.69, 9.17) is 11.6 Å². The number of benzene rings is 1. The zero-order chi connectivity index (χ0) is 22.1. The Balaban J connectivity index is 1.96. The maximum absolute atomic E-state index is 13.9. The summed E-state index contributed by atoms with van der Waals surface area (Å²) in [5, 5.41) is 26.8. The van der Waals surface area contributed by atoms with Crippen molar-refractivity contribution in [3.8, 4) is 0 Å². The number of fused-ring (bicyclic) bond motifs is 1. The predicted molar refractivity (Wildman–Crippen MR) is 112 cm³/mol. The number of aliphatic hydroxyl groups is 1. The number of anilines is 1. The molecule has 1 aromatic carbocycles. The highest BCUT2D eigenvalue weighted by atomic mass is 19.1. The second-order valence-corrected chi connectivity index (χ2v) is 7.24. The molecular weight excluding hydrogens is 389 g/mol. The fourth-order valence-corrected chi connectivity index (χ4v) is 3.01. The predicted octanol–water partition coefficient (Wildman–Crippen LogP) is 1.45. The summed E-state index contributed by atoms with van der Waals surface area (Å²) in [5.74, 6) is 5.05. The molecule has 0 saturated carbocycles. The van der Waals surface area contributed by atoms with Crippen molar-refractivity contribution < 1.29 is 14.2 Å². The van der Waals surface area contributed by atoms with E-state index in [1.165, 1.54) is 32.2 Å². The molecule has 3 aromatic rings. The molecule has 2 aromatic heterocycles. The SMILES string of the molecule is Cc1c(F)ccc2c(C(C=NCc3cccc(C(C)(C)O)[n+]3[O-])=NN)nc(N)nc12. The number of hydrazone groups is 1. The Morgan fingerprint density at radius 3 is 2.70 bits per heavy atom. The van der Waals surface area contributed by atoms with Crippen LogP contribution < -0.4 is 16.3 Å². The monoisotopic (exact) mass is 411 g/mol. The number of nitrogens with two attached hydrogens (primary N) is 2. The fraction of sp³-hybridized carbons (Fsp3) is 0.250. The summed E-state index contributed by atoms with van der Waals surface area (Å²) in [6, 6.07) is 7.63. The van der Waals surface area contributed by atoms with E-state index in [0.717, 1.165) is 0 Å². The van der Waals surface area contributed by atoms with Gasteiger partial charge in [0.2, 0.25) is 17.3 Å². The molecule has 0 unspecified atom stereocenters. The molecule has 0 aliphatic rings. The van der Waals surface area contributed by atoms with E-state index in [-0.39, 0.29) is 23.9 Å². The number of rotatable bonds is 5. The molecule has 3 rings (SSSR count). The van der Waals surface area contributed by atoms with E-state index < -0.39 is 11.4 Å². The lowest BCUT2D eigenvalue weighted by atomic mass is 10.0. The van der Waals surface area contributed by atoms with Crippen LogP contribution in [0.2, 0.25) is 0 Å². The summed E-state index contributed by atoms with van der Waals surface area (Å²) in [6.45, 7) is 4.65. The molecule has 0 radical (unpaired) electrons. The Kier molecular flexibility index (Phi) is 5.61. The highest BCUT2D eigenvalue weighted by Crippen LogP contribution is 2.23. The van der Waals surface area contributed by atoms with E-state index in [1.54, 1.807) is 25.1 Å². The molecule has 30 heavy (non-hydrogen) atoms. The van der Waals surface area contributed by atoms with Gasteiger partial charge in [0.1, 0.15) is 29.4 Å². The van der Waals surface area contributed by atoms with Gasteiger partial charge in [0.15, 0.2) is 0 Å². The smallest absolute Gasteiger partial charge is 0.224 e. The fourth-order valence-electron chi connectivity index (χ4n) is 3.01. The maximum Gasteiger partial charge on any atom is 0.224 e. The first-order valence-corrected chi connectivity index (χ1v) is 9.08. The van der Waals surface area contributed by atoms with Crippen molar-refractivity contribution in [2.75, 3.05) is 5.73 Å². The molecule has 2 heterocycles. The minimum absolute atomic E-state index is 0.0125. The van der Waals surface area contributed by atoms with E-state index in [1.807, 2.05) is 0 Å². The summed E-state index contributed by atoms with van der Waals surface area (Å²) in [7, 11) is 0. The van der Waals surface area contributed by atoms with Crippen molar-refractivity contribution >= 4 is 28.8 Å². The van der Waals surface area contributed by atoms with Gasteiger partial charge in [-0.2, -0.15) is 9.83 Å². The van der Waals surface area contributed by atoms with Crippen LogP contribution in [0.15, 0.2) is 40.4 Å². The zero-order valence-corrected chi connectivity index (χ0v) is 16.8. The van der Waals surface area contributed by atoms with Crippen LogP contribution in [0, 0.1) is 17.9 Å². The Hall–Kier alpha value is -3.66. The zero-order valence-electron chi connectivity index (χ0n) is 16.8. The normalized spacial score (nSPS) is 12.8. The van der Waals surface area contributed by atoms with Gasteiger partial charge in [0, 0.05) is 23.1 Å². The number of hydrogen-bond acceptors (Lipinski definition) is 8. The molecule has 9 nitrogen and oxygen atoms in total. The molecule has 156 valence electrons. The van der Waals surface area contributed by atoms with E-state index in [0.29, 0.717) is 32.6 Å². The van der Waals surface area contributed by atoms with Crippen LogP contribution in [0.4, 0.5) is 10.3 Å². The van der Waals surface area contributed by atoms with Gasteiger partial charge in [0.05, 0.1) is 11.7 Å². The quantitative estimate of drug-likeness (QED) is 0.190. The largest absolute Gasteiger partial charge is 0.618 e. The number of halogens is 1. The summed E-state index contributed by atoms with van der Waals surface area (Å²) >= 11 is 0. The number of hydrogen-bond donors (Lipinski definition) is 3. The van der Waals surface area contributed by atoms with Crippen molar-refractivity contribution in [1.29, 1.82) is 0 Å². The van der Waals surface area contributed by atoms with Gasteiger partial charge >= 0.3 is 0 Å². The average molecular weight is 411 g/mol.